The average molecular weight is 501 g/mol. The van der Waals surface area contributed by atoms with Gasteiger partial charge in [-0.3, -0.25) is 4.79 Å². The van der Waals surface area contributed by atoms with Crippen molar-refractivity contribution in [2.75, 3.05) is 44.5 Å². The first-order chi connectivity index (χ1) is 15.3. The summed E-state index contributed by atoms with van der Waals surface area (Å²) in [6, 6.07) is 4.75. The molecule has 0 bridgehead atoms. The summed E-state index contributed by atoms with van der Waals surface area (Å²) in [5.74, 6) is 1.80. The van der Waals surface area contributed by atoms with Crippen molar-refractivity contribution in [2.24, 2.45) is 5.92 Å². The molecule has 0 saturated carbocycles. The zero-order chi connectivity index (χ0) is 23.1. The molecule has 1 aliphatic heterocycles. The second-order valence-corrected chi connectivity index (χ2v) is 11.8. The number of amides is 1. The lowest BCUT2D eigenvalue weighted by Crippen LogP contribution is -2.40. The maximum atomic E-state index is 13.0. The van der Waals surface area contributed by atoms with Crippen LogP contribution in [0.5, 0.6) is 5.75 Å². The zero-order valence-corrected chi connectivity index (χ0v) is 20.8. The highest BCUT2D eigenvalue weighted by atomic mass is 32.2. The van der Waals surface area contributed by atoms with Gasteiger partial charge in [-0.15, -0.1) is 10.2 Å². The van der Waals surface area contributed by atoms with Crippen molar-refractivity contribution in [3.05, 3.63) is 23.8 Å². The van der Waals surface area contributed by atoms with Crippen LogP contribution in [0.2, 0.25) is 0 Å². The Morgan fingerprint density at radius 2 is 2.06 bits per heavy atom. The number of morpholine rings is 1. The van der Waals surface area contributed by atoms with Gasteiger partial charge in [-0.25, -0.2) is 8.42 Å². The van der Waals surface area contributed by atoms with E-state index in [2.05, 4.69) is 29.4 Å². The van der Waals surface area contributed by atoms with E-state index in [4.69, 9.17) is 9.47 Å². The summed E-state index contributed by atoms with van der Waals surface area (Å²) < 4.78 is 38.8. The van der Waals surface area contributed by atoms with Crippen LogP contribution in [0.4, 0.5) is 5.13 Å². The lowest BCUT2D eigenvalue weighted by Gasteiger charge is -2.26. The number of thioether (sulfide) groups is 1. The number of carbonyl (C=O) groups is 1. The molecule has 0 unspecified atom stereocenters. The van der Waals surface area contributed by atoms with E-state index in [1.807, 2.05) is 0 Å². The molecule has 176 valence electrons. The fourth-order valence-electron chi connectivity index (χ4n) is 3.03. The van der Waals surface area contributed by atoms with Crippen molar-refractivity contribution in [3.8, 4) is 5.75 Å². The normalized spacial score (nSPS) is 15.1. The van der Waals surface area contributed by atoms with E-state index in [0.29, 0.717) is 55.1 Å². The third kappa shape index (κ3) is 6.64. The number of ether oxygens (including phenoxy) is 2. The van der Waals surface area contributed by atoms with Crippen molar-refractivity contribution < 1.29 is 22.7 Å². The summed E-state index contributed by atoms with van der Waals surface area (Å²) in [4.78, 5) is 12.6. The van der Waals surface area contributed by atoms with Gasteiger partial charge in [0, 0.05) is 25.3 Å². The van der Waals surface area contributed by atoms with Gasteiger partial charge in [0.05, 0.1) is 25.2 Å². The quantitative estimate of drug-likeness (QED) is 0.392. The van der Waals surface area contributed by atoms with Crippen molar-refractivity contribution in [1.29, 1.82) is 0 Å². The molecule has 0 radical (unpaired) electrons. The van der Waals surface area contributed by atoms with Crippen LogP contribution in [-0.2, 0) is 26.0 Å². The molecular formula is C20H28N4O5S3. The Morgan fingerprint density at radius 3 is 2.75 bits per heavy atom. The minimum atomic E-state index is -3.63. The molecule has 0 spiro atoms. The second kappa shape index (κ2) is 11.4. The summed E-state index contributed by atoms with van der Waals surface area (Å²) in [6.45, 7) is 5.67. The summed E-state index contributed by atoms with van der Waals surface area (Å²) >= 11 is 2.96. The van der Waals surface area contributed by atoms with Gasteiger partial charge in [-0.1, -0.05) is 36.9 Å². The predicted octanol–water partition coefficient (Wildman–Crippen LogP) is 2.89. The number of benzene rings is 1. The Morgan fingerprint density at radius 1 is 1.31 bits per heavy atom. The van der Waals surface area contributed by atoms with Gasteiger partial charge in [-0.05, 0) is 36.1 Å². The summed E-state index contributed by atoms with van der Waals surface area (Å²) in [5, 5.41) is 11.3. The SMILES string of the molecule is COc1ccc(S(=O)(=O)N2CCOCC2)cc1CCC(=O)Nc1nnc(SCC(C)C)s1. The topological polar surface area (TPSA) is 111 Å². The highest BCUT2D eigenvalue weighted by molar-refractivity contribution is 8.01. The highest BCUT2D eigenvalue weighted by Crippen LogP contribution is 2.28. The van der Waals surface area contributed by atoms with Gasteiger partial charge in [-0.2, -0.15) is 4.31 Å². The van der Waals surface area contributed by atoms with Crippen LogP contribution in [0.3, 0.4) is 0 Å². The van der Waals surface area contributed by atoms with Crippen LogP contribution in [0.1, 0.15) is 25.8 Å². The number of carbonyl (C=O) groups excluding carboxylic acids is 1. The molecule has 1 aliphatic rings. The van der Waals surface area contributed by atoms with Gasteiger partial charge in [0.2, 0.25) is 21.1 Å². The lowest BCUT2D eigenvalue weighted by atomic mass is 10.1. The molecule has 2 aromatic rings. The van der Waals surface area contributed by atoms with E-state index in [-0.39, 0.29) is 17.2 Å². The molecule has 0 atom stereocenters. The number of anilines is 1. The van der Waals surface area contributed by atoms with Gasteiger partial charge < -0.3 is 14.8 Å². The number of hydrogen-bond donors (Lipinski definition) is 1. The zero-order valence-electron chi connectivity index (χ0n) is 18.4. The molecule has 3 rings (SSSR count). The highest BCUT2D eigenvalue weighted by Gasteiger charge is 2.27. The number of aromatic nitrogens is 2. The van der Waals surface area contributed by atoms with Crippen LogP contribution in [0.15, 0.2) is 27.4 Å². The van der Waals surface area contributed by atoms with Gasteiger partial charge >= 0.3 is 0 Å². The number of nitrogens with zero attached hydrogens (tertiary/aromatic N) is 3. The number of nitrogens with one attached hydrogen (secondary N) is 1. The Bertz CT molecular complexity index is 1020. The van der Waals surface area contributed by atoms with Crippen LogP contribution in [-0.4, -0.2) is 68.0 Å². The Kier molecular flexibility index (Phi) is 8.88. The lowest BCUT2D eigenvalue weighted by molar-refractivity contribution is -0.116. The molecule has 2 heterocycles. The van der Waals surface area contributed by atoms with Crippen molar-refractivity contribution in [3.63, 3.8) is 0 Å². The molecule has 1 aromatic carbocycles. The number of methoxy groups -OCH3 is 1. The number of aryl methyl sites for hydroxylation is 1. The summed E-state index contributed by atoms with van der Waals surface area (Å²) in [5.41, 5.74) is 0.655. The van der Waals surface area contributed by atoms with Crippen molar-refractivity contribution in [2.45, 2.75) is 35.9 Å². The van der Waals surface area contributed by atoms with Crippen molar-refractivity contribution in [1.82, 2.24) is 14.5 Å². The van der Waals surface area contributed by atoms with E-state index in [1.165, 1.54) is 28.8 Å². The predicted molar refractivity (Wildman–Crippen MR) is 125 cm³/mol. The van der Waals surface area contributed by atoms with E-state index in [9.17, 15) is 13.2 Å². The largest absolute Gasteiger partial charge is 0.496 e. The fourth-order valence-corrected chi connectivity index (χ4v) is 6.24. The minimum absolute atomic E-state index is 0.158. The van der Waals surface area contributed by atoms with E-state index in [0.717, 1.165) is 10.1 Å². The summed E-state index contributed by atoms with van der Waals surface area (Å²) in [7, 11) is -2.11. The van der Waals surface area contributed by atoms with E-state index in [1.54, 1.807) is 23.9 Å². The molecule has 1 N–H and O–H groups in total. The molecule has 1 amide bonds. The number of rotatable bonds is 10. The second-order valence-electron chi connectivity index (χ2n) is 7.62. The van der Waals surface area contributed by atoms with E-state index < -0.39 is 10.0 Å². The van der Waals surface area contributed by atoms with Crippen LogP contribution in [0, 0.1) is 5.92 Å². The molecule has 12 heteroatoms. The number of sulfonamides is 1. The minimum Gasteiger partial charge on any atom is -0.496 e. The first-order valence-electron chi connectivity index (χ1n) is 10.3. The molecule has 0 aliphatic carbocycles. The molecule has 1 fully saturated rings. The maximum absolute atomic E-state index is 13.0. The van der Waals surface area contributed by atoms with Crippen molar-refractivity contribution >= 4 is 44.2 Å². The van der Waals surface area contributed by atoms with Gasteiger partial charge in [0.25, 0.3) is 0 Å². The van der Waals surface area contributed by atoms with Crippen LogP contribution >= 0.6 is 23.1 Å². The monoisotopic (exact) mass is 500 g/mol. The third-order valence-corrected chi connectivity index (χ3v) is 8.97. The molecule has 1 saturated heterocycles. The Labute approximate surface area is 196 Å². The Hall–Kier alpha value is -1.73. The third-order valence-electron chi connectivity index (χ3n) is 4.67. The summed E-state index contributed by atoms with van der Waals surface area (Å²) in [6.07, 6.45) is 0.487. The van der Waals surface area contributed by atoms with Gasteiger partial charge in [0.1, 0.15) is 5.75 Å². The first kappa shape index (κ1) is 24.9. The first-order valence-corrected chi connectivity index (χ1v) is 13.5. The molecule has 9 nitrogen and oxygen atoms in total. The van der Waals surface area contributed by atoms with Crippen LogP contribution < -0.4 is 10.1 Å². The molecule has 32 heavy (non-hydrogen) atoms. The fraction of sp³-hybridized carbons (Fsp3) is 0.550. The molecular weight excluding hydrogens is 472 g/mol. The average Bonchev–Trinajstić information content (AvgIpc) is 3.23. The number of hydrogen-bond acceptors (Lipinski definition) is 9. The van der Waals surface area contributed by atoms with Crippen LogP contribution in [0.25, 0.3) is 0 Å². The smallest absolute Gasteiger partial charge is 0.243 e. The standard InChI is InChI=1S/C20H28N4O5S3/c1-14(2)13-30-20-23-22-19(31-20)21-18(25)7-4-15-12-16(5-6-17(15)28-3)32(26,27)24-8-10-29-11-9-24/h5-6,12,14H,4,7-11,13H2,1-3H3,(H,21,22,25). The maximum Gasteiger partial charge on any atom is 0.243 e. The van der Waals surface area contributed by atoms with Gasteiger partial charge in [0.15, 0.2) is 4.34 Å². The Balaban J connectivity index is 1.63. The van der Waals surface area contributed by atoms with E-state index >= 15 is 0 Å². The molecule has 1 aromatic heterocycles.